The minimum absolute atomic E-state index is 0.254. The minimum atomic E-state index is -1.23. The molecule has 0 radical (unpaired) electrons. The lowest BCUT2D eigenvalue weighted by molar-refractivity contribution is -0.132. The number of aliphatic carboxylic acids is 1. The van der Waals surface area contributed by atoms with Crippen molar-refractivity contribution >= 4 is 23.6 Å². The second-order valence-corrected chi connectivity index (χ2v) is 4.17. The van der Waals surface area contributed by atoms with Crippen molar-refractivity contribution in [2.24, 2.45) is 12.0 Å². The first-order valence-electron chi connectivity index (χ1n) is 5.97. The van der Waals surface area contributed by atoms with Gasteiger partial charge >= 0.3 is 5.97 Å². The maximum Gasteiger partial charge on any atom is 0.341 e. The van der Waals surface area contributed by atoms with E-state index in [0.29, 0.717) is 11.4 Å². The fraction of sp³-hybridized carbons (Fsp3) is 0.0667. The lowest BCUT2D eigenvalue weighted by Gasteiger charge is -2.04. The molecule has 5 nitrogen and oxygen atoms in total. The number of carbonyl (C=O) groups is 1. The molecule has 102 valence electrons. The monoisotopic (exact) mass is 270 g/mol. The Morgan fingerprint density at radius 3 is 2.40 bits per heavy atom. The lowest BCUT2D eigenvalue weighted by atomic mass is 10.2. The van der Waals surface area contributed by atoms with Crippen LogP contribution in [0, 0.1) is 0 Å². The Morgan fingerprint density at radius 1 is 1.15 bits per heavy atom. The van der Waals surface area contributed by atoms with E-state index in [0.717, 1.165) is 6.21 Å². The van der Waals surface area contributed by atoms with Crippen molar-refractivity contribution in [2.75, 3.05) is 0 Å². The van der Waals surface area contributed by atoms with Crippen LogP contribution in [0.2, 0.25) is 0 Å². The Hall–Kier alpha value is -2.82. The molecule has 1 heterocycles. The van der Waals surface area contributed by atoms with Crippen LogP contribution in [0.25, 0.3) is 5.76 Å². The fourth-order valence-electron chi connectivity index (χ4n) is 1.72. The van der Waals surface area contributed by atoms with Gasteiger partial charge < -0.3 is 14.8 Å². The maximum atomic E-state index is 11.3. The zero-order valence-electron chi connectivity index (χ0n) is 10.9. The molecule has 0 aliphatic rings. The number of para-hydroxylation sites is 1. The van der Waals surface area contributed by atoms with Crippen molar-refractivity contribution in [3.05, 3.63) is 59.9 Å². The predicted molar refractivity (Wildman–Crippen MR) is 77.2 cm³/mol. The lowest BCUT2D eigenvalue weighted by Crippen LogP contribution is -2.07. The SMILES string of the molecule is Cn1cccc1C(O)=C(C=Nc1ccccc1)C(=O)O. The van der Waals surface area contributed by atoms with Crippen molar-refractivity contribution in [3.63, 3.8) is 0 Å². The molecule has 0 unspecified atom stereocenters. The summed E-state index contributed by atoms with van der Waals surface area (Å²) in [7, 11) is 1.72. The van der Waals surface area contributed by atoms with E-state index < -0.39 is 5.97 Å². The van der Waals surface area contributed by atoms with Gasteiger partial charge in [-0.3, -0.25) is 4.99 Å². The number of aromatic nitrogens is 1. The molecule has 20 heavy (non-hydrogen) atoms. The molecule has 2 N–H and O–H groups in total. The average molecular weight is 270 g/mol. The van der Waals surface area contributed by atoms with E-state index in [-0.39, 0.29) is 11.3 Å². The number of aliphatic hydroxyl groups excluding tert-OH is 1. The standard InChI is InChI=1S/C15H14N2O3/c1-17-9-5-8-13(17)14(18)12(15(19)20)10-16-11-6-3-2-4-7-11/h2-10,18H,1H3,(H,19,20). The van der Waals surface area contributed by atoms with Crippen molar-refractivity contribution in [1.29, 1.82) is 0 Å². The summed E-state index contributed by atoms with van der Waals surface area (Å²) >= 11 is 0. The summed E-state index contributed by atoms with van der Waals surface area (Å²) in [5.74, 6) is -1.55. The van der Waals surface area contributed by atoms with Crippen molar-refractivity contribution in [1.82, 2.24) is 4.57 Å². The molecule has 0 atom stereocenters. The summed E-state index contributed by atoms with van der Waals surface area (Å²) in [6, 6.07) is 12.3. The number of carboxylic acids is 1. The van der Waals surface area contributed by atoms with Crippen LogP contribution in [0.5, 0.6) is 0 Å². The molecule has 0 bridgehead atoms. The Kier molecular flexibility index (Phi) is 4.00. The molecule has 0 saturated carbocycles. The predicted octanol–water partition coefficient (Wildman–Crippen LogP) is 2.78. The van der Waals surface area contributed by atoms with E-state index >= 15 is 0 Å². The molecule has 0 saturated heterocycles. The summed E-state index contributed by atoms with van der Waals surface area (Å²) in [5, 5.41) is 19.3. The highest BCUT2D eigenvalue weighted by atomic mass is 16.4. The Bertz CT molecular complexity index is 669. The normalized spacial score (nSPS) is 12.4. The first-order chi connectivity index (χ1) is 9.59. The fourth-order valence-corrected chi connectivity index (χ4v) is 1.72. The van der Waals surface area contributed by atoms with Gasteiger partial charge in [0.1, 0.15) is 5.57 Å². The summed E-state index contributed by atoms with van der Waals surface area (Å²) in [4.78, 5) is 15.3. The number of aliphatic hydroxyl groups is 1. The van der Waals surface area contributed by atoms with Gasteiger partial charge in [0.2, 0.25) is 0 Å². The van der Waals surface area contributed by atoms with E-state index in [9.17, 15) is 15.0 Å². The quantitative estimate of drug-likeness (QED) is 0.509. The summed E-state index contributed by atoms with van der Waals surface area (Å²) < 4.78 is 1.63. The van der Waals surface area contributed by atoms with Crippen LogP contribution >= 0.6 is 0 Å². The number of rotatable bonds is 4. The van der Waals surface area contributed by atoms with Gasteiger partial charge in [-0.15, -0.1) is 0 Å². The van der Waals surface area contributed by atoms with E-state index in [4.69, 9.17) is 0 Å². The smallest absolute Gasteiger partial charge is 0.341 e. The van der Waals surface area contributed by atoms with Gasteiger partial charge in [0.25, 0.3) is 0 Å². The maximum absolute atomic E-state index is 11.3. The summed E-state index contributed by atoms with van der Waals surface area (Å²) in [6.45, 7) is 0. The van der Waals surface area contributed by atoms with Crippen LogP contribution in [0.3, 0.4) is 0 Å². The number of benzene rings is 1. The van der Waals surface area contributed by atoms with Crippen LogP contribution in [0.1, 0.15) is 5.69 Å². The van der Waals surface area contributed by atoms with Gasteiger partial charge in [-0.1, -0.05) is 18.2 Å². The molecule has 5 heteroatoms. The van der Waals surface area contributed by atoms with Crippen molar-refractivity contribution in [3.8, 4) is 0 Å². The van der Waals surface area contributed by atoms with E-state index in [2.05, 4.69) is 4.99 Å². The highest BCUT2D eigenvalue weighted by Crippen LogP contribution is 2.17. The molecular formula is C15H14N2O3. The van der Waals surface area contributed by atoms with E-state index in [1.165, 1.54) is 0 Å². The number of carboxylic acid groups (broad SMARTS) is 1. The van der Waals surface area contributed by atoms with Gasteiger partial charge in [0.15, 0.2) is 5.76 Å². The highest BCUT2D eigenvalue weighted by Gasteiger charge is 2.15. The second-order valence-electron chi connectivity index (χ2n) is 4.17. The Morgan fingerprint density at radius 2 is 1.85 bits per heavy atom. The second kappa shape index (κ2) is 5.88. The third-order valence-corrected chi connectivity index (χ3v) is 2.77. The van der Waals surface area contributed by atoms with Gasteiger partial charge in [0.05, 0.1) is 11.4 Å². The molecule has 1 aromatic carbocycles. The number of aryl methyl sites for hydroxylation is 1. The number of hydrogen-bond acceptors (Lipinski definition) is 3. The number of hydrogen-bond donors (Lipinski definition) is 2. The van der Waals surface area contributed by atoms with Crippen LogP contribution in [0.15, 0.2) is 59.2 Å². The molecule has 2 aromatic rings. The van der Waals surface area contributed by atoms with Crippen LogP contribution < -0.4 is 0 Å². The molecular weight excluding hydrogens is 256 g/mol. The zero-order valence-corrected chi connectivity index (χ0v) is 10.9. The zero-order chi connectivity index (χ0) is 14.5. The Balaban J connectivity index is 2.40. The van der Waals surface area contributed by atoms with Gasteiger partial charge in [0, 0.05) is 19.5 Å². The molecule has 2 rings (SSSR count). The van der Waals surface area contributed by atoms with Crippen molar-refractivity contribution in [2.45, 2.75) is 0 Å². The first-order valence-corrected chi connectivity index (χ1v) is 5.97. The number of aliphatic imine (C=N–C) groups is 1. The molecule has 0 spiro atoms. The van der Waals surface area contributed by atoms with E-state index in [1.54, 1.807) is 54.2 Å². The minimum Gasteiger partial charge on any atom is -0.505 e. The van der Waals surface area contributed by atoms with Gasteiger partial charge in [-0.25, -0.2) is 4.79 Å². The molecule has 0 fully saturated rings. The summed E-state index contributed by atoms with van der Waals surface area (Å²) in [5.41, 5.74) is 0.781. The van der Waals surface area contributed by atoms with Crippen LogP contribution in [-0.4, -0.2) is 27.0 Å². The molecule has 0 aliphatic heterocycles. The van der Waals surface area contributed by atoms with E-state index in [1.807, 2.05) is 6.07 Å². The average Bonchev–Trinajstić information content (AvgIpc) is 2.86. The van der Waals surface area contributed by atoms with Gasteiger partial charge in [-0.2, -0.15) is 0 Å². The molecule has 1 aromatic heterocycles. The third kappa shape index (κ3) is 2.95. The van der Waals surface area contributed by atoms with Crippen LogP contribution in [-0.2, 0) is 11.8 Å². The van der Waals surface area contributed by atoms with Crippen LogP contribution in [0.4, 0.5) is 5.69 Å². The highest BCUT2D eigenvalue weighted by molar-refractivity contribution is 6.14. The third-order valence-electron chi connectivity index (χ3n) is 2.77. The Labute approximate surface area is 116 Å². The topological polar surface area (TPSA) is 74.8 Å². The summed E-state index contributed by atoms with van der Waals surface area (Å²) in [6.07, 6.45) is 2.87. The number of nitrogens with zero attached hydrogens (tertiary/aromatic N) is 2. The van der Waals surface area contributed by atoms with Crippen molar-refractivity contribution < 1.29 is 15.0 Å². The molecule has 0 amide bonds. The first kappa shape index (κ1) is 13.6. The largest absolute Gasteiger partial charge is 0.505 e. The van der Waals surface area contributed by atoms with Gasteiger partial charge in [-0.05, 0) is 24.3 Å². The molecule has 0 aliphatic carbocycles.